The van der Waals surface area contributed by atoms with Gasteiger partial charge >= 0.3 is 6.18 Å². The third-order valence-electron chi connectivity index (χ3n) is 3.87. The van der Waals surface area contributed by atoms with Crippen molar-refractivity contribution in [1.82, 2.24) is 4.98 Å². The van der Waals surface area contributed by atoms with Gasteiger partial charge in [-0.05, 0) is 18.9 Å². The zero-order chi connectivity index (χ0) is 16.3. The minimum atomic E-state index is -4.49. The van der Waals surface area contributed by atoms with E-state index in [1.165, 1.54) is 0 Å². The Morgan fingerprint density at radius 3 is 2.59 bits per heavy atom. The molecule has 1 aromatic heterocycles. The summed E-state index contributed by atoms with van der Waals surface area (Å²) in [6, 6.07) is 0.564. The molecule has 0 bridgehead atoms. The quantitative estimate of drug-likeness (QED) is 0.829. The van der Waals surface area contributed by atoms with Crippen molar-refractivity contribution in [3.05, 3.63) is 22.8 Å². The molecule has 1 heterocycles. The molecule has 122 valence electrons. The van der Waals surface area contributed by atoms with Gasteiger partial charge in [0.15, 0.2) is 0 Å². The summed E-state index contributed by atoms with van der Waals surface area (Å²) in [6.07, 6.45) is 0.408. The lowest BCUT2D eigenvalue weighted by Crippen LogP contribution is -2.38. The highest BCUT2D eigenvalue weighted by molar-refractivity contribution is 6.33. The maximum absolute atomic E-state index is 12.6. The lowest BCUT2D eigenvalue weighted by molar-refractivity contribution is -0.137. The van der Waals surface area contributed by atoms with E-state index in [-0.39, 0.29) is 22.8 Å². The van der Waals surface area contributed by atoms with E-state index >= 15 is 0 Å². The van der Waals surface area contributed by atoms with E-state index in [1.54, 1.807) is 0 Å². The average Bonchev–Trinajstić information content (AvgIpc) is 2.65. The van der Waals surface area contributed by atoms with Crippen LogP contribution in [0.5, 0.6) is 0 Å². The van der Waals surface area contributed by atoms with Gasteiger partial charge in [-0.3, -0.25) is 4.79 Å². The molecule has 0 saturated heterocycles. The van der Waals surface area contributed by atoms with Crippen LogP contribution < -0.4 is 11.1 Å². The molecule has 1 aliphatic carbocycles. The van der Waals surface area contributed by atoms with E-state index in [0.29, 0.717) is 12.8 Å². The van der Waals surface area contributed by atoms with Gasteiger partial charge in [0.05, 0.1) is 16.5 Å². The number of hydrogen-bond donors (Lipinski definition) is 2. The van der Waals surface area contributed by atoms with E-state index in [1.807, 2.05) is 0 Å². The van der Waals surface area contributed by atoms with Gasteiger partial charge in [0, 0.05) is 12.2 Å². The van der Waals surface area contributed by atoms with Crippen molar-refractivity contribution in [2.45, 2.75) is 44.3 Å². The molecular formula is C14H17ClF3N3O. The molecule has 2 rings (SSSR count). The number of primary amides is 1. The van der Waals surface area contributed by atoms with Crippen LogP contribution in [0.4, 0.5) is 19.0 Å². The molecule has 3 N–H and O–H groups in total. The third kappa shape index (κ3) is 4.03. The highest BCUT2D eigenvalue weighted by Crippen LogP contribution is 2.33. The number of hydrogen-bond acceptors (Lipinski definition) is 3. The second-order valence-corrected chi connectivity index (χ2v) is 5.86. The van der Waals surface area contributed by atoms with Crippen molar-refractivity contribution in [2.75, 3.05) is 5.32 Å². The van der Waals surface area contributed by atoms with Crippen LogP contribution in [0.1, 0.15) is 37.7 Å². The molecule has 0 spiro atoms. The first kappa shape index (κ1) is 16.9. The standard InChI is InChI=1S/C14H17ClF3N3O/c15-10-6-8(14(16,17)18)7-20-13(10)21-11-5-3-1-2-4-9(11)12(19)22/h6-7,9,11H,1-5H2,(H2,19,22)(H,20,21)/t9-,11-/m0/s1. The zero-order valence-electron chi connectivity index (χ0n) is 11.8. The van der Waals surface area contributed by atoms with Gasteiger partial charge < -0.3 is 11.1 Å². The van der Waals surface area contributed by atoms with Crippen LogP contribution in [0.2, 0.25) is 5.02 Å². The van der Waals surface area contributed by atoms with Crippen LogP contribution in [0.15, 0.2) is 12.3 Å². The number of carbonyl (C=O) groups is 1. The summed E-state index contributed by atoms with van der Waals surface area (Å²) in [5.41, 5.74) is 4.51. The second kappa shape index (κ2) is 6.73. The summed E-state index contributed by atoms with van der Waals surface area (Å²) in [4.78, 5) is 15.3. The highest BCUT2D eigenvalue weighted by atomic mass is 35.5. The molecule has 1 amide bonds. The molecule has 8 heteroatoms. The molecule has 0 aromatic carbocycles. The summed E-state index contributed by atoms with van der Waals surface area (Å²) < 4.78 is 37.8. The van der Waals surface area contributed by atoms with Crippen LogP contribution >= 0.6 is 11.6 Å². The van der Waals surface area contributed by atoms with Crippen LogP contribution in [0, 0.1) is 5.92 Å². The van der Waals surface area contributed by atoms with Crippen molar-refractivity contribution in [3.8, 4) is 0 Å². The topological polar surface area (TPSA) is 68.0 Å². The molecular weight excluding hydrogens is 319 g/mol. The molecule has 2 atom stereocenters. The Bertz CT molecular complexity index is 551. The first-order valence-electron chi connectivity index (χ1n) is 7.07. The van der Waals surface area contributed by atoms with Gasteiger partial charge in [-0.2, -0.15) is 13.2 Å². The third-order valence-corrected chi connectivity index (χ3v) is 4.16. The highest BCUT2D eigenvalue weighted by Gasteiger charge is 2.32. The van der Waals surface area contributed by atoms with Crippen LogP contribution in [-0.2, 0) is 11.0 Å². The van der Waals surface area contributed by atoms with Crippen molar-refractivity contribution in [1.29, 1.82) is 0 Å². The minimum absolute atomic E-state index is 0.123. The summed E-state index contributed by atoms with van der Waals surface area (Å²) >= 11 is 5.88. The summed E-state index contributed by atoms with van der Waals surface area (Å²) in [7, 11) is 0. The fourth-order valence-electron chi connectivity index (χ4n) is 2.70. The number of halogens is 4. The van der Waals surface area contributed by atoms with Gasteiger partial charge in [0.2, 0.25) is 5.91 Å². The predicted molar refractivity (Wildman–Crippen MR) is 77.4 cm³/mol. The number of alkyl halides is 3. The van der Waals surface area contributed by atoms with Crippen LogP contribution in [-0.4, -0.2) is 16.9 Å². The molecule has 0 radical (unpaired) electrons. The Morgan fingerprint density at radius 1 is 1.32 bits per heavy atom. The molecule has 1 aromatic rings. The maximum Gasteiger partial charge on any atom is 0.417 e. The summed E-state index contributed by atoms with van der Waals surface area (Å²) in [5.74, 6) is -0.641. The van der Waals surface area contributed by atoms with Crippen molar-refractivity contribution < 1.29 is 18.0 Å². The van der Waals surface area contributed by atoms with Crippen LogP contribution in [0.25, 0.3) is 0 Å². The number of anilines is 1. The van der Waals surface area contributed by atoms with Gasteiger partial charge in [-0.25, -0.2) is 4.98 Å². The number of amides is 1. The van der Waals surface area contributed by atoms with Gasteiger partial charge in [0.25, 0.3) is 0 Å². The number of carbonyl (C=O) groups excluding carboxylic acids is 1. The average molecular weight is 336 g/mol. The molecule has 1 aliphatic rings. The molecule has 1 fully saturated rings. The SMILES string of the molecule is NC(=O)[C@H]1CCCCC[C@@H]1Nc1ncc(C(F)(F)F)cc1Cl. The number of nitrogens with two attached hydrogens (primary N) is 1. The normalized spacial score (nSPS) is 22.9. The van der Waals surface area contributed by atoms with Gasteiger partial charge in [-0.1, -0.05) is 30.9 Å². The summed E-state index contributed by atoms with van der Waals surface area (Å²) in [5, 5.41) is 2.87. The van der Waals surface area contributed by atoms with Gasteiger partial charge in [0.1, 0.15) is 5.82 Å². The zero-order valence-corrected chi connectivity index (χ0v) is 12.5. The molecule has 0 unspecified atom stereocenters. The number of aromatic nitrogens is 1. The Labute approximate surface area is 131 Å². The Kier molecular flexibility index (Phi) is 5.16. The predicted octanol–water partition coefficient (Wildman–Crippen LogP) is 3.60. The van der Waals surface area contributed by atoms with Crippen LogP contribution in [0.3, 0.4) is 0 Å². The smallest absolute Gasteiger partial charge is 0.369 e. The van der Waals surface area contributed by atoms with E-state index in [4.69, 9.17) is 17.3 Å². The summed E-state index contributed by atoms with van der Waals surface area (Å²) in [6.45, 7) is 0. The van der Waals surface area contributed by atoms with E-state index in [0.717, 1.165) is 31.5 Å². The number of nitrogens with one attached hydrogen (secondary N) is 1. The molecule has 1 saturated carbocycles. The van der Waals surface area contributed by atoms with Crippen molar-refractivity contribution >= 4 is 23.3 Å². The van der Waals surface area contributed by atoms with E-state index in [9.17, 15) is 18.0 Å². The molecule has 4 nitrogen and oxygen atoms in total. The Morgan fingerprint density at radius 2 is 2.00 bits per heavy atom. The number of pyridine rings is 1. The lowest BCUT2D eigenvalue weighted by atomic mass is 9.94. The van der Waals surface area contributed by atoms with Crippen molar-refractivity contribution in [3.63, 3.8) is 0 Å². The molecule has 22 heavy (non-hydrogen) atoms. The maximum atomic E-state index is 12.6. The minimum Gasteiger partial charge on any atom is -0.369 e. The number of rotatable bonds is 3. The first-order valence-corrected chi connectivity index (χ1v) is 7.45. The van der Waals surface area contributed by atoms with Crippen molar-refractivity contribution in [2.24, 2.45) is 11.7 Å². The first-order chi connectivity index (χ1) is 10.3. The molecule has 0 aliphatic heterocycles. The fourth-order valence-corrected chi connectivity index (χ4v) is 2.92. The van der Waals surface area contributed by atoms with E-state index in [2.05, 4.69) is 10.3 Å². The monoisotopic (exact) mass is 335 g/mol. The fraction of sp³-hybridized carbons (Fsp3) is 0.571. The Hall–Kier alpha value is -1.50. The van der Waals surface area contributed by atoms with E-state index < -0.39 is 17.6 Å². The number of nitrogens with zero attached hydrogens (tertiary/aromatic N) is 1. The second-order valence-electron chi connectivity index (χ2n) is 5.45. The van der Waals surface area contributed by atoms with Gasteiger partial charge in [-0.15, -0.1) is 0 Å². The Balaban J connectivity index is 2.19. The largest absolute Gasteiger partial charge is 0.417 e. The lowest BCUT2D eigenvalue weighted by Gasteiger charge is -2.24.